The van der Waals surface area contributed by atoms with E-state index >= 15 is 0 Å². The monoisotopic (exact) mass is 165 g/mol. The van der Waals surface area contributed by atoms with Crippen LogP contribution < -0.4 is 5.32 Å². The first kappa shape index (κ1) is 7.81. The molecule has 1 aliphatic heterocycles. The lowest BCUT2D eigenvalue weighted by Gasteiger charge is -2.00. The molecule has 2 N–H and O–H groups in total. The second-order valence-corrected chi connectivity index (χ2v) is 3.09. The minimum absolute atomic E-state index is 0.180. The van der Waals surface area contributed by atoms with Crippen molar-refractivity contribution in [1.82, 2.24) is 5.32 Å². The first-order valence-corrected chi connectivity index (χ1v) is 3.75. The van der Waals surface area contributed by atoms with Crippen LogP contribution in [0.1, 0.15) is 6.42 Å². The summed E-state index contributed by atoms with van der Waals surface area (Å²) in [4.78, 5) is 10.3. The molecule has 5 heteroatoms. The molecule has 2 atom stereocenters. The van der Waals surface area contributed by atoms with E-state index in [1.807, 2.05) is 0 Å². The first-order chi connectivity index (χ1) is 4.74. The third kappa shape index (κ3) is 1.60. The van der Waals surface area contributed by atoms with Crippen LogP contribution in [0.3, 0.4) is 0 Å². The van der Waals surface area contributed by atoms with Gasteiger partial charge in [0.05, 0.1) is 5.25 Å². The quantitative estimate of drug-likeness (QED) is 0.622. The molecule has 1 fully saturated rings. The van der Waals surface area contributed by atoms with Gasteiger partial charge >= 0.3 is 5.97 Å². The second-order valence-electron chi connectivity index (χ2n) is 2.25. The van der Waals surface area contributed by atoms with E-state index in [1.165, 1.54) is 0 Å². The van der Waals surface area contributed by atoms with Crippen molar-refractivity contribution in [3.63, 3.8) is 0 Å². The molecule has 0 radical (unpaired) electrons. The fourth-order valence-corrected chi connectivity index (χ4v) is 1.38. The van der Waals surface area contributed by atoms with Crippen molar-refractivity contribution in [2.45, 2.75) is 17.7 Å². The van der Waals surface area contributed by atoms with Gasteiger partial charge in [0.15, 0.2) is 0 Å². The predicted molar refractivity (Wildman–Crippen MR) is 36.5 cm³/mol. The normalized spacial score (nSPS) is 32.5. The third-order valence-corrected chi connectivity index (χ3v) is 2.13. The van der Waals surface area contributed by atoms with E-state index in [9.17, 15) is 8.68 Å². The Labute approximate surface area is 62.3 Å². The molecule has 0 aromatic rings. The van der Waals surface area contributed by atoms with Crippen LogP contribution >= 0.6 is 12.1 Å². The van der Waals surface area contributed by atoms with Gasteiger partial charge in [0.25, 0.3) is 0 Å². The fourth-order valence-electron chi connectivity index (χ4n) is 0.959. The Kier molecular flexibility index (Phi) is 2.50. The van der Waals surface area contributed by atoms with Crippen molar-refractivity contribution in [2.75, 3.05) is 6.54 Å². The van der Waals surface area contributed by atoms with Crippen LogP contribution in [0.25, 0.3) is 0 Å². The van der Waals surface area contributed by atoms with Crippen LogP contribution in [0.2, 0.25) is 0 Å². The van der Waals surface area contributed by atoms with Crippen LogP contribution in [-0.2, 0) is 4.79 Å². The van der Waals surface area contributed by atoms with Gasteiger partial charge in [-0.3, -0.25) is 4.79 Å². The highest BCUT2D eigenvalue weighted by molar-refractivity contribution is 7.95. The Balaban J connectivity index is 2.35. The summed E-state index contributed by atoms with van der Waals surface area (Å²) in [6.07, 6.45) is 0.385. The van der Waals surface area contributed by atoms with E-state index in [-0.39, 0.29) is 17.4 Å². The highest BCUT2D eigenvalue weighted by atomic mass is 32.2. The lowest BCUT2D eigenvalue weighted by molar-refractivity contribution is -0.139. The summed E-state index contributed by atoms with van der Waals surface area (Å²) in [6.45, 7) is 0.456. The standard InChI is InChI=1S/C5H8FNO2S/c6-10-3-1-4(5(8)9)7-2-3/h3-4,7H,1-2H2,(H,8,9)/t3-,4+/m1/s1. The Morgan fingerprint density at radius 1 is 1.80 bits per heavy atom. The maximum Gasteiger partial charge on any atom is 0.320 e. The van der Waals surface area contributed by atoms with E-state index < -0.39 is 12.0 Å². The molecule has 0 aromatic carbocycles. The molecule has 0 saturated carbocycles. The van der Waals surface area contributed by atoms with Crippen LogP contribution in [0.5, 0.6) is 0 Å². The molecule has 10 heavy (non-hydrogen) atoms. The van der Waals surface area contributed by atoms with Crippen LogP contribution in [0, 0.1) is 0 Å². The van der Waals surface area contributed by atoms with Gasteiger partial charge in [-0.25, -0.2) is 0 Å². The van der Waals surface area contributed by atoms with E-state index in [4.69, 9.17) is 5.11 Å². The zero-order valence-corrected chi connectivity index (χ0v) is 6.03. The lowest BCUT2D eigenvalue weighted by atomic mass is 10.2. The Morgan fingerprint density at radius 2 is 2.50 bits per heavy atom. The third-order valence-electron chi connectivity index (χ3n) is 1.51. The topological polar surface area (TPSA) is 49.3 Å². The van der Waals surface area contributed by atoms with Gasteiger partial charge in [-0.15, -0.1) is 0 Å². The molecular weight excluding hydrogens is 157 g/mol. The number of carboxylic acid groups (broad SMARTS) is 1. The number of hydrogen-bond acceptors (Lipinski definition) is 3. The van der Waals surface area contributed by atoms with Crippen molar-refractivity contribution in [3.8, 4) is 0 Å². The van der Waals surface area contributed by atoms with Gasteiger partial charge in [0.1, 0.15) is 6.04 Å². The van der Waals surface area contributed by atoms with E-state index in [0.29, 0.717) is 13.0 Å². The van der Waals surface area contributed by atoms with E-state index in [2.05, 4.69) is 5.32 Å². The molecule has 0 aliphatic carbocycles. The first-order valence-electron chi connectivity index (χ1n) is 2.97. The van der Waals surface area contributed by atoms with Gasteiger partial charge in [0.2, 0.25) is 0 Å². The molecule has 1 saturated heterocycles. The molecule has 58 valence electrons. The molecule has 0 bridgehead atoms. The van der Waals surface area contributed by atoms with Gasteiger partial charge < -0.3 is 10.4 Å². The maximum atomic E-state index is 11.8. The van der Waals surface area contributed by atoms with Gasteiger partial charge in [0, 0.05) is 18.7 Å². The summed E-state index contributed by atoms with van der Waals surface area (Å²) in [5.74, 6) is -0.892. The molecule has 1 aliphatic rings. The lowest BCUT2D eigenvalue weighted by Crippen LogP contribution is -2.29. The number of rotatable bonds is 2. The maximum absolute atomic E-state index is 11.8. The predicted octanol–water partition coefficient (Wildman–Crippen LogP) is 0.419. The highest BCUT2D eigenvalue weighted by Gasteiger charge is 2.29. The second kappa shape index (κ2) is 3.21. The Morgan fingerprint density at radius 3 is 2.80 bits per heavy atom. The van der Waals surface area contributed by atoms with E-state index in [1.54, 1.807) is 0 Å². The van der Waals surface area contributed by atoms with Crippen LogP contribution in [-0.4, -0.2) is 28.9 Å². The number of carbonyl (C=O) groups is 1. The molecule has 1 rings (SSSR count). The molecule has 0 unspecified atom stereocenters. The molecule has 0 aromatic heterocycles. The number of nitrogens with one attached hydrogen (secondary N) is 1. The van der Waals surface area contributed by atoms with Gasteiger partial charge in [-0.2, -0.15) is 3.89 Å². The van der Waals surface area contributed by atoms with Crippen molar-refractivity contribution in [1.29, 1.82) is 0 Å². The smallest absolute Gasteiger partial charge is 0.320 e. The summed E-state index contributed by atoms with van der Waals surface area (Å²) < 4.78 is 11.8. The summed E-state index contributed by atoms with van der Waals surface area (Å²) in [5.41, 5.74) is 0. The zero-order chi connectivity index (χ0) is 7.56. The molecule has 3 nitrogen and oxygen atoms in total. The number of aliphatic carboxylic acids is 1. The largest absolute Gasteiger partial charge is 0.480 e. The summed E-state index contributed by atoms with van der Waals surface area (Å²) >= 11 is 0.228. The molecule has 1 heterocycles. The van der Waals surface area contributed by atoms with Crippen molar-refractivity contribution < 1.29 is 13.8 Å². The Hall–Kier alpha value is -0.290. The van der Waals surface area contributed by atoms with Crippen molar-refractivity contribution in [2.24, 2.45) is 0 Å². The average molecular weight is 165 g/mol. The van der Waals surface area contributed by atoms with Crippen molar-refractivity contribution >= 4 is 18.1 Å². The van der Waals surface area contributed by atoms with Gasteiger partial charge in [-0.1, -0.05) is 0 Å². The molecular formula is C5H8FNO2S. The van der Waals surface area contributed by atoms with Crippen LogP contribution in [0.15, 0.2) is 0 Å². The zero-order valence-electron chi connectivity index (χ0n) is 5.21. The minimum atomic E-state index is -0.892. The van der Waals surface area contributed by atoms with Crippen molar-refractivity contribution in [3.05, 3.63) is 0 Å². The fraction of sp³-hybridized carbons (Fsp3) is 0.800. The minimum Gasteiger partial charge on any atom is -0.480 e. The SMILES string of the molecule is O=C(O)[C@@H]1C[C@@H](SF)CN1. The summed E-state index contributed by atoms with van der Waals surface area (Å²) in [5, 5.41) is 10.9. The number of hydrogen-bond donors (Lipinski definition) is 2. The molecule has 0 spiro atoms. The number of carboxylic acids is 1. The van der Waals surface area contributed by atoms with E-state index in [0.717, 1.165) is 0 Å². The summed E-state index contributed by atoms with van der Waals surface area (Å²) in [7, 11) is 0. The molecule has 0 amide bonds. The number of halogens is 1. The summed E-state index contributed by atoms with van der Waals surface area (Å²) in [6, 6.07) is -0.548. The van der Waals surface area contributed by atoms with Crippen LogP contribution in [0.4, 0.5) is 3.89 Å². The average Bonchev–Trinajstić information content (AvgIpc) is 2.34. The highest BCUT2D eigenvalue weighted by Crippen LogP contribution is 2.21. The van der Waals surface area contributed by atoms with Gasteiger partial charge in [-0.05, 0) is 6.42 Å². The Bertz CT molecular complexity index is 144.